The lowest BCUT2D eigenvalue weighted by Gasteiger charge is -2.25. The monoisotopic (exact) mass is 681 g/mol. The standard InChI is InChI=1S/C35H36ClNO9S/c1-22-25(7-5-9-28(22)24-10-11-30-33(16-24)44-13-12-43-30)20-46-32-17-31(45-19-23-6-4-8-27(14-23)47(3,41)42)26(15-29(32)36)18-37-35(2,21-38)34(39)40/h4-11,14-17,37-38H,12-13,18-21H2,1-3H3,(H,39,40)/t35-/m0/s1. The zero-order valence-electron chi connectivity index (χ0n) is 26.2. The lowest BCUT2D eigenvalue weighted by atomic mass is 9.96. The van der Waals surface area contributed by atoms with Crippen LogP contribution in [0.4, 0.5) is 0 Å². The van der Waals surface area contributed by atoms with Crippen LogP contribution < -0.4 is 24.3 Å². The number of aliphatic hydroxyl groups excluding tert-OH is 1. The summed E-state index contributed by atoms with van der Waals surface area (Å²) in [7, 11) is -3.42. The molecule has 1 atom stereocenters. The van der Waals surface area contributed by atoms with Gasteiger partial charge in [-0.3, -0.25) is 10.1 Å². The number of ether oxygens (including phenoxy) is 4. The van der Waals surface area contributed by atoms with Gasteiger partial charge < -0.3 is 29.2 Å². The van der Waals surface area contributed by atoms with Crippen molar-refractivity contribution < 1.29 is 42.4 Å². The largest absolute Gasteiger partial charge is 0.488 e. The lowest BCUT2D eigenvalue weighted by molar-refractivity contribution is -0.145. The van der Waals surface area contributed by atoms with Crippen LogP contribution in [0.3, 0.4) is 0 Å². The maximum atomic E-state index is 12.1. The van der Waals surface area contributed by atoms with E-state index in [2.05, 4.69) is 5.32 Å². The van der Waals surface area contributed by atoms with Crippen LogP contribution in [0.2, 0.25) is 5.02 Å². The van der Waals surface area contributed by atoms with Crippen molar-refractivity contribution in [2.75, 3.05) is 26.1 Å². The van der Waals surface area contributed by atoms with Crippen LogP contribution in [0.15, 0.2) is 77.7 Å². The van der Waals surface area contributed by atoms with Gasteiger partial charge in [0.15, 0.2) is 21.3 Å². The SMILES string of the molecule is Cc1c(COc2cc(OCc3cccc(S(C)(=O)=O)c3)c(CN[C@@](C)(CO)C(=O)O)cc2Cl)cccc1-c1ccc2c(c1)OCCO2. The summed E-state index contributed by atoms with van der Waals surface area (Å²) in [4.78, 5) is 11.9. The van der Waals surface area contributed by atoms with Gasteiger partial charge in [-0.2, -0.15) is 0 Å². The summed E-state index contributed by atoms with van der Waals surface area (Å²) in [6.07, 6.45) is 1.13. The van der Waals surface area contributed by atoms with E-state index < -0.39 is 28.0 Å². The number of aliphatic carboxylic acids is 1. The second-order valence-electron chi connectivity index (χ2n) is 11.5. The lowest BCUT2D eigenvalue weighted by Crippen LogP contribution is -2.52. The first-order chi connectivity index (χ1) is 22.4. The first-order valence-electron chi connectivity index (χ1n) is 14.8. The van der Waals surface area contributed by atoms with Crippen molar-refractivity contribution >= 4 is 27.4 Å². The first-order valence-corrected chi connectivity index (χ1v) is 17.1. The molecule has 0 radical (unpaired) electrons. The summed E-state index contributed by atoms with van der Waals surface area (Å²) < 4.78 is 47.9. The Morgan fingerprint density at radius 1 is 0.936 bits per heavy atom. The number of hydrogen-bond donors (Lipinski definition) is 3. The number of rotatable bonds is 13. The first kappa shape index (κ1) is 34.1. The maximum Gasteiger partial charge on any atom is 0.326 e. The molecule has 0 aliphatic carbocycles. The van der Waals surface area contributed by atoms with Gasteiger partial charge in [0.05, 0.1) is 16.5 Å². The van der Waals surface area contributed by atoms with Gasteiger partial charge in [0.1, 0.15) is 43.5 Å². The molecule has 0 spiro atoms. The summed E-state index contributed by atoms with van der Waals surface area (Å²) in [5, 5.41) is 22.4. The average molecular weight is 682 g/mol. The third kappa shape index (κ3) is 7.99. The molecule has 12 heteroatoms. The minimum atomic E-state index is -3.42. The normalized spacial score (nSPS) is 13.9. The molecule has 5 rings (SSSR count). The van der Waals surface area contributed by atoms with Crippen LogP contribution in [0, 0.1) is 6.92 Å². The quantitative estimate of drug-likeness (QED) is 0.164. The fraction of sp³-hybridized carbons (Fsp3) is 0.286. The molecule has 1 aliphatic rings. The second kappa shape index (κ2) is 14.2. The van der Waals surface area contributed by atoms with Crippen molar-refractivity contribution in [2.45, 2.75) is 44.0 Å². The molecule has 4 aromatic rings. The van der Waals surface area contributed by atoms with Gasteiger partial charge in [-0.05, 0) is 72.0 Å². The molecule has 0 saturated carbocycles. The van der Waals surface area contributed by atoms with Gasteiger partial charge >= 0.3 is 5.97 Å². The number of carboxylic acid groups (broad SMARTS) is 1. The van der Waals surface area contributed by atoms with E-state index in [9.17, 15) is 23.4 Å². The number of benzene rings is 4. The van der Waals surface area contributed by atoms with E-state index in [4.69, 9.17) is 30.5 Å². The minimum Gasteiger partial charge on any atom is -0.488 e. The highest BCUT2D eigenvalue weighted by atomic mass is 35.5. The van der Waals surface area contributed by atoms with Crippen LogP contribution in [0.25, 0.3) is 11.1 Å². The van der Waals surface area contributed by atoms with Crippen molar-refractivity contribution in [1.29, 1.82) is 0 Å². The van der Waals surface area contributed by atoms with Gasteiger partial charge in [-0.25, -0.2) is 8.42 Å². The predicted molar refractivity (Wildman–Crippen MR) is 177 cm³/mol. The Balaban J connectivity index is 1.40. The molecule has 0 aromatic heterocycles. The number of fused-ring (bicyclic) bond motifs is 1. The van der Waals surface area contributed by atoms with E-state index in [-0.39, 0.29) is 29.7 Å². The molecular weight excluding hydrogens is 646 g/mol. The molecule has 10 nitrogen and oxygen atoms in total. The highest BCUT2D eigenvalue weighted by Gasteiger charge is 2.32. The van der Waals surface area contributed by atoms with Gasteiger partial charge in [-0.1, -0.05) is 48.0 Å². The number of nitrogens with one attached hydrogen (secondary N) is 1. The molecular formula is C35H36ClNO9S. The molecule has 0 amide bonds. The third-order valence-electron chi connectivity index (χ3n) is 7.98. The number of aliphatic hydroxyl groups is 1. The summed E-state index contributed by atoms with van der Waals surface area (Å²) >= 11 is 6.67. The molecule has 0 unspecified atom stereocenters. The highest BCUT2D eigenvalue weighted by Crippen LogP contribution is 2.37. The van der Waals surface area contributed by atoms with Gasteiger partial charge in [0, 0.05) is 24.4 Å². The van der Waals surface area contributed by atoms with E-state index in [1.165, 1.54) is 19.1 Å². The van der Waals surface area contributed by atoms with Gasteiger partial charge in [0.2, 0.25) is 0 Å². The Morgan fingerprint density at radius 3 is 2.38 bits per heavy atom. The smallest absolute Gasteiger partial charge is 0.326 e. The Bertz CT molecular complexity index is 1900. The van der Waals surface area contributed by atoms with Crippen LogP contribution in [0.1, 0.15) is 29.2 Å². The van der Waals surface area contributed by atoms with Gasteiger partial charge in [-0.15, -0.1) is 0 Å². The van der Waals surface area contributed by atoms with Crippen LogP contribution in [-0.4, -0.2) is 56.2 Å². The Labute approximate surface area is 278 Å². The van der Waals surface area contributed by atoms with Crippen molar-refractivity contribution in [3.8, 4) is 34.1 Å². The Kier molecular flexibility index (Phi) is 10.3. The van der Waals surface area contributed by atoms with E-state index >= 15 is 0 Å². The van der Waals surface area contributed by atoms with Crippen LogP contribution in [0.5, 0.6) is 23.0 Å². The molecule has 1 aliphatic heterocycles. The molecule has 1 heterocycles. The highest BCUT2D eigenvalue weighted by molar-refractivity contribution is 7.90. The molecule has 0 bridgehead atoms. The zero-order valence-corrected chi connectivity index (χ0v) is 27.8. The number of sulfone groups is 1. The van der Waals surface area contributed by atoms with E-state index in [1.54, 1.807) is 24.3 Å². The average Bonchev–Trinajstić information content (AvgIpc) is 3.06. The predicted octanol–water partition coefficient (Wildman–Crippen LogP) is 5.57. The fourth-order valence-electron chi connectivity index (χ4n) is 4.99. The number of halogens is 1. The summed E-state index contributed by atoms with van der Waals surface area (Å²) in [6, 6.07) is 21.5. The van der Waals surface area contributed by atoms with Crippen molar-refractivity contribution in [3.05, 3.63) is 100 Å². The summed E-state index contributed by atoms with van der Waals surface area (Å²) in [5.41, 5.74) is 3.46. The molecule has 248 valence electrons. The van der Waals surface area contributed by atoms with Crippen molar-refractivity contribution in [2.24, 2.45) is 0 Å². The number of carboxylic acids is 1. The molecule has 0 fully saturated rings. The number of hydrogen-bond acceptors (Lipinski definition) is 9. The maximum absolute atomic E-state index is 12.1. The third-order valence-corrected chi connectivity index (χ3v) is 9.38. The van der Waals surface area contributed by atoms with Gasteiger partial charge in [0.25, 0.3) is 0 Å². The second-order valence-corrected chi connectivity index (χ2v) is 13.9. The van der Waals surface area contributed by atoms with Crippen molar-refractivity contribution in [3.63, 3.8) is 0 Å². The fourth-order valence-corrected chi connectivity index (χ4v) is 5.93. The van der Waals surface area contributed by atoms with E-state index in [0.717, 1.165) is 34.3 Å². The number of carbonyl (C=O) groups is 1. The van der Waals surface area contributed by atoms with E-state index in [0.29, 0.717) is 41.6 Å². The Morgan fingerprint density at radius 2 is 1.66 bits per heavy atom. The zero-order chi connectivity index (χ0) is 33.8. The topological polar surface area (TPSA) is 141 Å². The molecule has 4 aromatic carbocycles. The summed E-state index contributed by atoms with van der Waals surface area (Å²) in [5.74, 6) is 0.876. The van der Waals surface area contributed by atoms with E-state index in [1.807, 2.05) is 43.3 Å². The van der Waals surface area contributed by atoms with Crippen LogP contribution in [-0.2, 0) is 34.4 Å². The molecule has 47 heavy (non-hydrogen) atoms. The van der Waals surface area contributed by atoms with Crippen LogP contribution >= 0.6 is 11.6 Å². The minimum absolute atomic E-state index is 0.00123. The summed E-state index contributed by atoms with van der Waals surface area (Å²) in [6.45, 7) is 3.97. The Hall–Kier alpha value is -4.29. The molecule has 3 N–H and O–H groups in total. The molecule has 0 saturated heterocycles. The van der Waals surface area contributed by atoms with Crippen molar-refractivity contribution in [1.82, 2.24) is 5.32 Å².